The van der Waals surface area contributed by atoms with Gasteiger partial charge in [-0.3, -0.25) is 4.79 Å². The number of nitrogens with one attached hydrogen (secondary N) is 1. The first-order valence-electron chi connectivity index (χ1n) is 6.97. The molecule has 0 saturated heterocycles. The van der Waals surface area contributed by atoms with Gasteiger partial charge in [-0.1, -0.05) is 29.8 Å². The van der Waals surface area contributed by atoms with E-state index in [2.05, 4.69) is 5.32 Å². The molecule has 0 bridgehead atoms. The zero-order valence-corrected chi connectivity index (χ0v) is 13.0. The highest BCUT2D eigenvalue weighted by atomic mass is 35.5. The number of hydrogen-bond acceptors (Lipinski definition) is 3. The average molecular weight is 334 g/mol. The number of rotatable bonds is 2. The van der Waals surface area contributed by atoms with Crippen LogP contribution in [0.25, 0.3) is 0 Å². The molecule has 1 heterocycles. The largest absolute Gasteiger partial charge is 0.445 e. The second-order valence-electron chi connectivity index (χ2n) is 5.54. The molecule has 3 rings (SSSR count). The molecule has 6 heteroatoms. The van der Waals surface area contributed by atoms with Crippen molar-refractivity contribution in [1.82, 2.24) is 0 Å². The summed E-state index contributed by atoms with van der Waals surface area (Å²) >= 11 is 5.70. The zero-order chi connectivity index (χ0) is 16.6. The summed E-state index contributed by atoms with van der Waals surface area (Å²) < 4.78 is 18.5. The summed E-state index contributed by atoms with van der Waals surface area (Å²) in [5.74, 6) is -1.61. The number of esters is 1. The number of amides is 1. The van der Waals surface area contributed by atoms with Crippen molar-refractivity contribution in [3.8, 4) is 0 Å². The molecule has 1 amide bonds. The number of carbonyl (C=O) groups is 2. The molecule has 0 aromatic heterocycles. The van der Waals surface area contributed by atoms with Crippen LogP contribution in [0.5, 0.6) is 0 Å². The summed E-state index contributed by atoms with van der Waals surface area (Å²) in [6.07, 6.45) is 0.260. The summed E-state index contributed by atoms with van der Waals surface area (Å²) in [5.41, 5.74) is 0.199. The van der Waals surface area contributed by atoms with Gasteiger partial charge in [0.1, 0.15) is 5.82 Å². The molecule has 0 spiro atoms. The number of fused-ring (bicyclic) bond motifs is 1. The molecule has 0 unspecified atom stereocenters. The van der Waals surface area contributed by atoms with Crippen LogP contribution in [0.15, 0.2) is 42.5 Å². The molecular weight excluding hydrogens is 321 g/mol. The second kappa shape index (κ2) is 5.66. The number of benzene rings is 2. The number of anilines is 1. The van der Waals surface area contributed by atoms with E-state index in [0.29, 0.717) is 11.3 Å². The Morgan fingerprint density at radius 1 is 1.30 bits per heavy atom. The maximum atomic E-state index is 13.2. The van der Waals surface area contributed by atoms with Crippen molar-refractivity contribution in [3.05, 3.63) is 64.4 Å². The lowest BCUT2D eigenvalue weighted by molar-refractivity contribution is -0.134. The molecule has 1 N–H and O–H groups in total. The molecular formula is C17H13ClFNO3. The fraction of sp³-hybridized carbons (Fsp3) is 0.176. The zero-order valence-electron chi connectivity index (χ0n) is 12.2. The number of carbonyl (C=O) groups excluding carboxylic acids is 2. The van der Waals surface area contributed by atoms with Gasteiger partial charge in [0.2, 0.25) is 0 Å². The summed E-state index contributed by atoms with van der Waals surface area (Å²) in [7, 11) is 0. The molecule has 2 aromatic rings. The molecule has 0 aliphatic carbocycles. The van der Waals surface area contributed by atoms with Crippen LogP contribution in [0.2, 0.25) is 5.02 Å². The Morgan fingerprint density at radius 3 is 2.78 bits per heavy atom. The standard InChI is InChI=1S/C17H13ClFNO3/c1-17(9-10-4-2-3-5-12(10)15(21)23-17)16(22)20-11-6-7-14(19)13(18)8-11/h2-8H,9H2,1H3,(H,20,22)/t17-/m1/s1. The first kappa shape index (κ1) is 15.5. The Labute approximate surface area is 137 Å². The SMILES string of the molecule is C[C@]1(C(=O)Nc2ccc(F)c(Cl)c2)Cc2ccccc2C(=O)O1. The van der Waals surface area contributed by atoms with Crippen LogP contribution >= 0.6 is 11.6 Å². The van der Waals surface area contributed by atoms with Gasteiger partial charge in [-0.25, -0.2) is 9.18 Å². The van der Waals surface area contributed by atoms with Crippen LogP contribution in [0.3, 0.4) is 0 Å². The van der Waals surface area contributed by atoms with Crippen LogP contribution < -0.4 is 5.32 Å². The van der Waals surface area contributed by atoms with E-state index in [9.17, 15) is 14.0 Å². The number of halogens is 2. The van der Waals surface area contributed by atoms with E-state index >= 15 is 0 Å². The van der Waals surface area contributed by atoms with Crippen molar-refractivity contribution >= 4 is 29.2 Å². The van der Waals surface area contributed by atoms with Gasteiger partial charge in [0.25, 0.3) is 5.91 Å². The van der Waals surface area contributed by atoms with Gasteiger partial charge in [0, 0.05) is 12.1 Å². The molecule has 1 aliphatic heterocycles. The molecule has 0 fully saturated rings. The molecule has 0 radical (unpaired) electrons. The van der Waals surface area contributed by atoms with Crippen molar-refractivity contribution in [2.45, 2.75) is 18.9 Å². The van der Waals surface area contributed by atoms with E-state index in [1.54, 1.807) is 31.2 Å². The first-order valence-corrected chi connectivity index (χ1v) is 7.34. The predicted molar refractivity (Wildman–Crippen MR) is 84.0 cm³/mol. The minimum absolute atomic E-state index is 0.0982. The highest BCUT2D eigenvalue weighted by Crippen LogP contribution is 2.29. The van der Waals surface area contributed by atoms with Gasteiger partial charge in [0.05, 0.1) is 10.6 Å². The van der Waals surface area contributed by atoms with Crippen LogP contribution in [0, 0.1) is 5.82 Å². The van der Waals surface area contributed by atoms with E-state index in [0.717, 1.165) is 11.6 Å². The third-order valence-electron chi connectivity index (χ3n) is 3.74. The lowest BCUT2D eigenvalue weighted by atomic mass is 9.89. The smallest absolute Gasteiger partial charge is 0.339 e. The average Bonchev–Trinajstić information content (AvgIpc) is 2.51. The highest BCUT2D eigenvalue weighted by Gasteiger charge is 2.42. The summed E-state index contributed by atoms with van der Waals surface area (Å²) in [6.45, 7) is 1.54. The van der Waals surface area contributed by atoms with Crippen LogP contribution in [0.1, 0.15) is 22.8 Å². The van der Waals surface area contributed by atoms with Gasteiger partial charge in [0.15, 0.2) is 5.60 Å². The number of cyclic esters (lactones) is 1. The molecule has 118 valence electrons. The Bertz CT molecular complexity index is 808. The third-order valence-corrected chi connectivity index (χ3v) is 4.03. The molecule has 23 heavy (non-hydrogen) atoms. The summed E-state index contributed by atoms with van der Waals surface area (Å²) in [6, 6.07) is 10.8. The minimum Gasteiger partial charge on any atom is -0.445 e. The van der Waals surface area contributed by atoms with E-state index < -0.39 is 23.3 Å². The Hall–Kier alpha value is -2.40. The predicted octanol–water partition coefficient (Wildman–Crippen LogP) is 3.59. The summed E-state index contributed by atoms with van der Waals surface area (Å²) in [5, 5.41) is 2.51. The summed E-state index contributed by atoms with van der Waals surface area (Å²) in [4.78, 5) is 24.6. The quantitative estimate of drug-likeness (QED) is 0.854. The van der Waals surface area contributed by atoms with Crippen LogP contribution in [-0.2, 0) is 16.0 Å². The first-order chi connectivity index (χ1) is 10.9. The van der Waals surface area contributed by atoms with E-state index in [-0.39, 0.29) is 11.4 Å². The fourth-order valence-corrected chi connectivity index (χ4v) is 2.68. The Morgan fingerprint density at radius 2 is 2.04 bits per heavy atom. The van der Waals surface area contributed by atoms with Gasteiger partial charge in [-0.05, 0) is 36.8 Å². The van der Waals surface area contributed by atoms with E-state index in [4.69, 9.17) is 16.3 Å². The van der Waals surface area contributed by atoms with Crippen molar-refractivity contribution in [3.63, 3.8) is 0 Å². The van der Waals surface area contributed by atoms with E-state index in [1.807, 2.05) is 0 Å². The van der Waals surface area contributed by atoms with Gasteiger partial charge in [-0.15, -0.1) is 0 Å². The maximum absolute atomic E-state index is 13.2. The molecule has 2 aromatic carbocycles. The molecule has 0 saturated carbocycles. The lowest BCUT2D eigenvalue weighted by Gasteiger charge is -2.33. The monoisotopic (exact) mass is 333 g/mol. The highest BCUT2D eigenvalue weighted by molar-refractivity contribution is 6.31. The molecule has 4 nitrogen and oxygen atoms in total. The van der Waals surface area contributed by atoms with Gasteiger partial charge >= 0.3 is 5.97 Å². The molecule has 1 atom stereocenters. The number of ether oxygens (including phenoxy) is 1. The van der Waals surface area contributed by atoms with Crippen molar-refractivity contribution in [2.75, 3.05) is 5.32 Å². The Kier molecular flexibility index (Phi) is 3.82. The maximum Gasteiger partial charge on any atom is 0.339 e. The van der Waals surface area contributed by atoms with Gasteiger partial charge in [-0.2, -0.15) is 0 Å². The van der Waals surface area contributed by atoms with Crippen molar-refractivity contribution in [2.24, 2.45) is 0 Å². The van der Waals surface area contributed by atoms with Crippen molar-refractivity contribution < 1.29 is 18.7 Å². The Balaban J connectivity index is 1.84. The van der Waals surface area contributed by atoms with Crippen LogP contribution in [0.4, 0.5) is 10.1 Å². The third kappa shape index (κ3) is 2.92. The minimum atomic E-state index is -1.34. The fourth-order valence-electron chi connectivity index (χ4n) is 2.50. The second-order valence-corrected chi connectivity index (χ2v) is 5.94. The lowest BCUT2D eigenvalue weighted by Crippen LogP contribution is -2.48. The normalized spacial score (nSPS) is 19.7. The van der Waals surface area contributed by atoms with Crippen LogP contribution in [-0.4, -0.2) is 17.5 Å². The molecule has 1 aliphatic rings. The van der Waals surface area contributed by atoms with Crippen molar-refractivity contribution in [1.29, 1.82) is 0 Å². The number of hydrogen-bond donors (Lipinski definition) is 1. The van der Waals surface area contributed by atoms with E-state index in [1.165, 1.54) is 12.1 Å². The topological polar surface area (TPSA) is 55.4 Å². The van der Waals surface area contributed by atoms with Gasteiger partial charge < -0.3 is 10.1 Å².